The fraction of sp³-hybridized carbons (Fsp3) is 0.0556. The van der Waals surface area contributed by atoms with E-state index in [1.165, 1.54) is 0 Å². The maximum Gasteiger partial charge on any atom is 0.168 e. The molecule has 0 aliphatic carbocycles. The van der Waals surface area contributed by atoms with Gasteiger partial charge in [-0.15, -0.1) is 10.2 Å². The van der Waals surface area contributed by atoms with E-state index in [4.69, 9.17) is 16.3 Å². The van der Waals surface area contributed by atoms with Crippen molar-refractivity contribution in [2.24, 2.45) is 5.10 Å². The number of ether oxygens (including phenoxy) is 1. The Bertz CT molecular complexity index is 807. The third-order valence-electron chi connectivity index (χ3n) is 3.17. The van der Waals surface area contributed by atoms with Gasteiger partial charge in [0, 0.05) is 5.56 Å². The second-order valence-electron chi connectivity index (χ2n) is 4.92. The Morgan fingerprint density at radius 3 is 2.54 bits per heavy atom. The zero-order chi connectivity index (χ0) is 16.6. The maximum absolute atomic E-state index is 5.88. The molecule has 120 valence electrons. The summed E-state index contributed by atoms with van der Waals surface area (Å²) in [4.78, 5) is 0. The molecule has 0 saturated carbocycles. The molecule has 2 aromatic carbocycles. The molecule has 0 bridgehead atoms. The number of anilines is 1. The second kappa shape index (κ2) is 8.08. The number of nitrogens with zero attached hydrogens (tertiary/aromatic N) is 3. The Kier molecular flexibility index (Phi) is 5.37. The zero-order valence-electron chi connectivity index (χ0n) is 12.8. The van der Waals surface area contributed by atoms with E-state index in [0.29, 0.717) is 17.6 Å². The van der Waals surface area contributed by atoms with Crippen LogP contribution in [0.5, 0.6) is 5.75 Å². The van der Waals surface area contributed by atoms with Crippen molar-refractivity contribution < 1.29 is 4.74 Å². The van der Waals surface area contributed by atoms with E-state index in [1.807, 2.05) is 54.6 Å². The van der Waals surface area contributed by atoms with Crippen molar-refractivity contribution in [1.29, 1.82) is 0 Å². The number of benzene rings is 2. The van der Waals surface area contributed by atoms with Crippen molar-refractivity contribution in [2.75, 3.05) is 5.43 Å². The standard InChI is InChI=1S/C18H15ClN4O/c19-17-10-11-18(23-21-17)22-20-12-15-8-4-5-9-16(15)24-13-14-6-2-1-3-7-14/h1-12H,13H2,(H,22,23). The zero-order valence-corrected chi connectivity index (χ0v) is 13.5. The van der Waals surface area contributed by atoms with E-state index in [-0.39, 0.29) is 0 Å². The van der Waals surface area contributed by atoms with Crippen molar-refractivity contribution in [2.45, 2.75) is 6.61 Å². The van der Waals surface area contributed by atoms with Crippen molar-refractivity contribution >= 4 is 23.6 Å². The SMILES string of the molecule is Clc1ccc(NN=Cc2ccccc2OCc2ccccc2)nn1. The number of nitrogens with one attached hydrogen (secondary N) is 1. The molecule has 0 saturated heterocycles. The second-order valence-corrected chi connectivity index (χ2v) is 5.31. The van der Waals surface area contributed by atoms with Crippen molar-refractivity contribution in [3.8, 4) is 5.75 Å². The molecular formula is C18H15ClN4O. The van der Waals surface area contributed by atoms with Crippen LogP contribution in [0.1, 0.15) is 11.1 Å². The highest BCUT2D eigenvalue weighted by molar-refractivity contribution is 6.29. The summed E-state index contributed by atoms with van der Waals surface area (Å²) in [6.07, 6.45) is 1.68. The van der Waals surface area contributed by atoms with Gasteiger partial charge in [0.25, 0.3) is 0 Å². The van der Waals surface area contributed by atoms with Crippen LogP contribution in [0.4, 0.5) is 5.82 Å². The van der Waals surface area contributed by atoms with E-state index in [9.17, 15) is 0 Å². The maximum atomic E-state index is 5.88. The quantitative estimate of drug-likeness (QED) is 0.541. The van der Waals surface area contributed by atoms with Gasteiger partial charge in [0.2, 0.25) is 0 Å². The Hall–Kier alpha value is -2.92. The van der Waals surface area contributed by atoms with Gasteiger partial charge >= 0.3 is 0 Å². The Morgan fingerprint density at radius 1 is 0.958 bits per heavy atom. The minimum absolute atomic E-state index is 0.337. The molecule has 0 amide bonds. The van der Waals surface area contributed by atoms with E-state index in [0.717, 1.165) is 16.9 Å². The summed E-state index contributed by atoms with van der Waals surface area (Å²) in [5.41, 5.74) is 4.78. The number of hydrogen-bond donors (Lipinski definition) is 1. The Morgan fingerprint density at radius 2 is 1.75 bits per heavy atom. The van der Waals surface area contributed by atoms with Crippen LogP contribution in [0.25, 0.3) is 0 Å². The van der Waals surface area contributed by atoms with Gasteiger partial charge in [0.05, 0.1) is 6.21 Å². The minimum Gasteiger partial charge on any atom is -0.488 e. The molecule has 0 unspecified atom stereocenters. The molecule has 0 atom stereocenters. The van der Waals surface area contributed by atoms with Gasteiger partial charge in [0.15, 0.2) is 11.0 Å². The van der Waals surface area contributed by atoms with Crippen LogP contribution in [0.2, 0.25) is 5.15 Å². The summed E-state index contributed by atoms with van der Waals surface area (Å²) < 4.78 is 5.88. The molecule has 0 aliphatic rings. The first kappa shape index (κ1) is 16.0. The van der Waals surface area contributed by atoms with Crippen molar-refractivity contribution in [3.63, 3.8) is 0 Å². The van der Waals surface area contributed by atoms with Gasteiger partial charge in [-0.1, -0.05) is 54.1 Å². The molecule has 3 aromatic rings. The molecule has 0 radical (unpaired) electrons. The van der Waals surface area contributed by atoms with Crippen LogP contribution in [-0.2, 0) is 6.61 Å². The van der Waals surface area contributed by atoms with Crippen molar-refractivity contribution in [3.05, 3.63) is 83.0 Å². The summed E-state index contributed by atoms with van der Waals surface area (Å²) in [7, 11) is 0. The lowest BCUT2D eigenvalue weighted by molar-refractivity contribution is 0.306. The number of aromatic nitrogens is 2. The molecule has 6 heteroatoms. The summed E-state index contributed by atoms with van der Waals surface area (Å²) in [6.45, 7) is 0.502. The average Bonchev–Trinajstić information content (AvgIpc) is 2.63. The average molecular weight is 339 g/mol. The minimum atomic E-state index is 0.337. The smallest absolute Gasteiger partial charge is 0.168 e. The first-order valence-corrected chi connectivity index (χ1v) is 7.73. The number of rotatable bonds is 6. The van der Waals surface area contributed by atoms with E-state index >= 15 is 0 Å². The topological polar surface area (TPSA) is 59.4 Å². The van der Waals surface area contributed by atoms with Crippen LogP contribution in [0.15, 0.2) is 71.8 Å². The molecule has 1 aromatic heterocycles. The van der Waals surface area contributed by atoms with Crippen LogP contribution in [-0.4, -0.2) is 16.4 Å². The summed E-state index contributed by atoms with van der Waals surface area (Å²) in [6, 6.07) is 21.0. The lowest BCUT2D eigenvalue weighted by Gasteiger charge is -2.09. The molecular weight excluding hydrogens is 324 g/mol. The third-order valence-corrected chi connectivity index (χ3v) is 3.37. The van der Waals surface area contributed by atoms with E-state index < -0.39 is 0 Å². The fourth-order valence-corrected chi connectivity index (χ4v) is 2.10. The third kappa shape index (κ3) is 4.54. The molecule has 3 rings (SSSR count). The summed E-state index contributed by atoms with van der Waals surface area (Å²) in [5, 5.41) is 12.1. The Labute approximate surface area is 145 Å². The fourth-order valence-electron chi connectivity index (χ4n) is 2.00. The van der Waals surface area contributed by atoms with Gasteiger partial charge in [-0.05, 0) is 29.8 Å². The van der Waals surface area contributed by atoms with Crippen LogP contribution >= 0.6 is 11.6 Å². The molecule has 24 heavy (non-hydrogen) atoms. The highest BCUT2D eigenvalue weighted by Gasteiger charge is 2.01. The van der Waals surface area contributed by atoms with Crippen LogP contribution in [0.3, 0.4) is 0 Å². The van der Waals surface area contributed by atoms with E-state index in [1.54, 1.807) is 18.3 Å². The van der Waals surface area contributed by atoms with Crippen molar-refractivity contribution in [1.82, 2.24) is 10.2 Å². The first-order valence-electron chi connectivity index (χ1n) is 7.35. The number of hydrazone groups is 1. The van der Waals surface area contributed by atoms with Crippen LogP contribution in [0, 0.1) is 0 Å². The van der Waals surface area contributed by atoms with Gasteiger partial charge < -0.3 is 4.74 Å². The number of halogens is 1. The molecule has 5 nitrogen and oxygen atoms in total. The predicted molar refractivity (Wildman–Crippen MR) is 95.5 cm³/mol. The molecule has 1 N–H and O–H groups in total. The first-order chi connectivity index (χ1) is 11.8. The largest absolute Gasteiger partial charge is 0.488 e. The highest BCUT2D eigenvalue weighted by Crippen LogP contribution is 2.17. The summed E-state index contributed by atoms with van der Waals surface area (Å²) >= 11 is 5.69. The Balaban J connectivity index is 1.65. The lowest BCUT2D eigenvalue weighted by atomic mass is 10.2. The number of hydrogen-bond acceptors (Lipinski definition) is 5. The highest BCUT2D eigenvalue weighted by atomic mass is 35.5. The normalized spacial score (nSPS) is 10.7. The molecule has 1 heterocycles. The predicted octanol–water partition coefficient (Wildman–Crippen LogP) is 4.16. The van der Waals surface area contributed by atoms with Gasteiger partial charge in [-0.3, -0.25) is 5.43 Å². The van der Waals surface area contributed by atoms with Gasteiger partial charge in [0.1, 0.15) is 12.4 Å². The molecule has 0 spiro atoms. The lowest BCUT2D eigenvalue weighted by Crippen LogP contribution is -1.99. The monoisotopic (exact) mass is 338 g/mol. The summed E-state index contributed by atoms with van der Waals surface area (Å²) in [5.74, 6) is 1.27. The van der Waals surface area contributed by atoms with Gasteiger partial charge in [-0.2, -0.15) is 5.10 Å². The van der Waals surface area contributed by atoms with Gasteiger partial charge in [-0.25, -0.2) is 0 Å². The molecule has 0 fully saturated rings. The van der Waals surface area contributed by atoms with Crippen LogP contribution < -0.4 is 10.2 Å². The molecule has 0 aliphatic heterocycles. The van der Waals surface area contributed by atoms with E-state index in [2.05, 4.69) is 20.7 Å². The number of para-hydroxylation sites is 1.